The molecule has 3 aromatic rings. The van der Waals surface area contributed by atoms with Crippen LogP contribution in [-0.2, 0) is 0 Å². The first kappa shape index (κ1) is 10.6. The van der Waals surface area contributed by atoms with Crippen molar-refractivity contribution in [1.82, 2.24) is 9.97 Å². The maximum atomic E-state index is 5.71. The van der Waals surface area contributed by atoms with Gasteiger partial charge in [-0.05, 0) is 23.8 Å². The quantitative estimate of drug-likeness (QED) is 0.716. The summed E-state index contributed by atoms with van der Waals surface area (Å²) in [4.78, 5) is 7.43. The normalized spacial score (nSPS) is 10.7. The number of hydrogen-bond donors (Lipinski definition) is 2. The van der Waals surface area contributed by atoms with E-state index in [1.165, 1.54) is 5.39 Å². The number of nitrogens with one attached hydrogen (secondary N) is 1. The van der Waals surface area contributed by atoms with Crippen LogP contribution in [0, 0.1) is 0 Å². The third-order valence-electron chi connectivity index (χ3n) is 3.02. The van der Waals surface area contributed by atoms with E-state index < -0.39 is 0 Å². The SMILES string of the molecule is C=C(N)c1cncc(-c2cccc3[nH]ccc23)c1. The van der Waals surface area contributed by atoms with Gasteiger partial charge < -0.3 is 10.7 Å². The van der Waals surface area contributed by atoms with Gasteiger partial charge in [-0.1, -0.05) is 18.7 Å². The van der Waals surface area contributed by atoms with Gasteiger partial charge in [-0.2, -0.15) is 0 Å². The summed E-state index contributed by atoms with van der Waals surface area (Å²) in [7, 11) is 0. The smallest absolute Gasteiger partial charge is 0.0460 e. The van der Waals surface area contributed by atoms with Crippen molar-refractivity contribution in [2.75, 3.05) is 0 Å². The van der Waals surface area contributed by atoms with Crippen molar-refractivity contribution in [2.45, 2.75) is 0 Å². The molecule has 0 aliphatic rings. The van der Waals surface area contributed by atoms with E-state index >= 15 is 0 Å². The van der Waals surface area contributed by atoms with Crippen LogP contribution < -0.4 is 5.73 Å². The van der Waals surface area contributed by atoms with Crippen LogP contribution in [0.4, 0.5) is 0 Å². The summed E-state index contributed by atoms with van der Waals surface area (Å²) in [6.07, 6.45) is 5.50. The molecule has 0 saturated heterocycles. The molecule has 3 heteroatoms. The fourth-order valence-electron chi connectivity index (χ4n) is 2.10. The maximum Gasteiger partial charge on any atom is 0.0460 e. The Balaban J connectivity index is 2.23. The van der Waals surface area contributed by atoms with Gasteiger partial charge in [0.15, 0.2) is 0 Å². The number of pyridine rings is 1. The lowest BCUT2D eigenvalue weighted by atomic mass is 10.0. The summed E-state index contributed by atoms with van der Waals surface area (Å²) in [5.41, 5.74) is 10.4. The number of rotatable bonds is 2. The van der Waals surface area contributed by atoms with Crippen LogP contribution >= 0.6 is 0 Å². The Labute approximate surface area is 105 Å². The van der Waals surface area contributed by atoms with Crippen LogP contribution in [0.5, 0.6) is 0 Å². The standard InChI is InChI=1S/C15H13N3/c1-10(16)11-7-12(9-17-8-11)13-3-2-4-15-14(13)5-6-18-15/h2-9,18H,1,16H2. The molecule has 0 bridgehead atoms. The number of hydrogen-bond acceptors (Lipinski definition) is 2. The first-order valence-corrected chi connectivity index (χ1v) is 5.72. The van der Waals surface area contributed by atoms with E-state index in [-0.39, 0.29) is 0 Å². The van der Waals surface area contributed by atoms with E-state index in [1.807, 2.05) is 24.5 Å². The highest BCUT2D eigenvalue weighted by molar-refractivity contribution is 5.95. The molecule has 3 nitrogen and oxygen atoms in total. The molecule has 0 radical (unpaired) electrons. The van der Waals surface area contributed by atoms with Gasteiger partial charge in [0, 0.05) is 46.3 Å². The summed E-state index contributed by atoms with van der Waals surface area (Å²) < 4.78 is 0. The van der Waals surface area contributed by atoms with E-state index in [2.05, 4.69) is 34.7 Å². The molecule has 0 unspecified atom stereocenters. The highest BCUT2D eigenvalue weighted by Crippen LogP contribution is 2.28. The van der Waals surface area contributed by atoms with E-state index in [0.29, 0.717) is 5.70 Å². The molecule has 0 amide bonds. The molecule has 1 aromatic carbocycles. The van der Waals surface area contributed by atoms with E-state index in [1.54, 1.807) is 6.20 Å². The minimum atomic E-state index is 0.533. The molecule has 0 spiro atoms. The molecular formula is C15H13N3. The first-order valence-electron chi connectivity index (χ1n) is 5.72. The number of aromatic nitrogens is 2. The Morgan fingerprint density at radius 1 is 1.22 bits per heavy atom. The molecule has 2 heterocycles. The predicted octanol–water partition coefficient (Wildman–Crippen LogP) is 3.16. The number of H-pyrrole nitrogens is 1. The number of benzene rings is 1. The Bertz CT molecular complexity index is 725. The van der Waals surface area contributed by atoms with Gasteiger partial charge in [0.1, 0.15) is 0 Å². The lowest BCUT2D eigenvalue weighted by Gasteiger charge is -2.06. The number of aromatic amines is 1. The zero-order valence-corrected chi connectivity index (χ0v) is 9.85. The molecule has 0 atom stereocenters. The van der Waals surface area contributed by atoms with Crippen LogP contribution in [0.2, 0.25) is 0 Å². The van der Waals surface area contributed by atoms with Crippen LogP contribution in [0.25, 0.3) is 27.7 Å². The molecule has 0 aliphatic carbocycles. The fraction of sp³-hybridized carbons (Fsp3) is 0. The van der Waals surface area contributed by atoms with Gasteiger partial charge in [0.25, 0.3) is 0 Å². The number of nitrogens with two attached hydrogens (primary N) is 1. The Hall–Kier alpha value is -2.55. The molecule has 0 aliphatic heterocycles. The van der Waals surface area contributed by atoms with Crippen molar-refractivity contribution in [2.24, 2.45) is 5.73 Å². The van der Waals surface area contributed by atoms with Crippen molar-refractivity contribution in [3.8, 4) is 11.1 Å². The first-order chi connectivity index (χ1) is 8.75. The van der Waals surface area contributed by atoms with Crippen LogP contribution in [0.1, 0.15) is 5.56 Å². The van der Waals surface area contributed by atoms with E-state index in [4.69, 9.17) is 5.73 Å². The second kappa shape index (κ2) is 4.04. The van der Waals surface area contributed by atoms with Crippen molar-refractivity contribution in [1.29, 1.82) is 0 Å². The average molecular weight is 235 g/mol. The molecule has 0 saturated carbocycles. The summed E-state index contributed by atoms with van der Waals surface area (Å²) in [5.74, 6) is 0. The summed E-state index contributed by atoms with van der Waals surface area (Å²) in [6.45, 7) is 3.74. The second-order valence-corrected chi connectivity index (χ2v) is 4.23. The summed E-state index contributed by atoms with van der Waals surface area (Å²) in [5, 5.41) is 1.18. The third-order valence-corrected chi connectivity index (χ3v) is 3.02. The number of fused-ring (bicyclic) bond motifs is 1. The monoisotopic (exact) mass is 235 g/mol. The molecular weight excluding hydrogens is 222 g/mol. The maximum absolute atomic E-state index is 5.71. The zero-order chi connectivity index (χ0) is 12.5. The number of nitrogens with zero attached hydrogens (tertiary/aromatic N) is 1. The van der Waals surface area contributed by atoms with Gasteiger partial charge in [-0.25, -0.2) is 0 Å². The van der Waals surface area contributed by atoms with Crippen molar-refractivity contribution in [3.05, 3.63) is 61.1 Å². The highest BCUT2D eigenvalue weighted by Gasteiger charge is 2.05. The second-order valence-electron chi connectivity index (χ2n) is 4.23. The molecule has 88 valence electrons. The van der Waals surface area contributed by atoms with Gasteiger partial charge in [-0.15, -0.1) is 0 Å². The lowest BCUT2D eigenvalue weighted by Crippen LogP contribution is -1.95. The molecule has 2 aromatic heterocycles. The molecule has 3 rings (SSSR count). The molecule has 0 fully saturated rings. The third kappa shape index (κ3) is 1.66. The van der Waals surface area contributed by atoms with Gasteiger partial charge in [0.2, 0.25) is 0 Å². The molecule has 3 N–H and O–H groups in total. The van der Waals surface area contributed by atoms with E-state index in [9.17, 15) is 0 Å². The highest BCUT2D eigenvalue weighted by atomic mass is 14.7. The summed E-state index contributed by atoms with van der Waals surface area (Å²) >= 11 is 0. The van der Waals surface area contributed by atoms with Crippen molar-refractivity contribution >= 4 is 16.6 Å². The Kier molecular flexibility index (Phi) is 2.38. The van der Waals surface area contributed by atoms with Gasteiger partial charge >= 0.3 is 0 Å². The van der Waals surface area contributed by atoms with Crippen LogP contribution in [0.15, 0.2) is 55.5 Å². The van der Waals surface area contributed by atoms with Crippen LogP contribution in [0.3, 0.4) is 0 Å². The van der Waals surface area contributed by atoms with Gasteiger partial charge in [-0.3, -0.25) is 4.98 Å². The average Bonchev–Trinajstić information content (AvgIpc) is 2.87. The topological polar surface area (TPSA) is 54.7 Å². The summed E-state index contributed by atoms with van der Waals surface area (Å²) in [6, 6.07) is 10.2. The predicted molar refractivity (Wildman–Crippen MR) is 74.8 cm³/mol. The van der Waals surface area contributed by atoms with E-state index in [0.717, 1.165) is 22.2 Å². The van der Waals surface area contributed by atoms with Crippen LogP contribution in [-0.4, -0.2) is 9.97 Å². The fourth-order valence-corrected chi connectivity index (χ4v) is 2.10. The minimum absolute atomic E-state index is 0.533. The van der Waals surface area contributed by atoms with Crippen molar-refractivity contribution in [3.63, 3.8) is 0 Å². The van der Waals surface area contributed by atoms with Gasteiger partial charge in [0.05, 0.1) is 0 Å². The minimum Gasteiger partial charge on any atom is -0.399 e. The Morgan fingerprint density at radius 3 is 2.94 bits per heavy atom. The lowest BCUT2D eigenvalue weighted by molar-refractivity contribution is 1.30. The zero-order valence-electron chi connectivity index (χ0n) is 9.85. The Morgan fingerprint density at radius 2 is 2.11 bits per heavy atom. The van der Waals surface area contributed by atoms with Crippen molar-refractivity contribution < 1.29 is 0 Å². The largest absolute Gasteiger partial charge is 0.399 e. The molecule has 18 heavy (non-hydrogen) atoms.